The van der Waals surface area contributed by atoms with Crippen LogP contribution >= 0.6 is 0 Å². The summed E-state index contributed by atoms with van der Waals surface area (Å²) >= 11 is 0. The first-order valence-electron chi connectivity index (χ1n) is 13.2. The Morgan fingerprint density at radius 3 is 2.22 bits per heavy atom. The predicted molar refractivity (Wildman–Crippen MR) is 151 cm³/mol. The maximum Gasteiger partial charge on any atom is 0.322 e. The van der Waals surface area contributed by atoms with Gasteiger partial charge in [0.1, 0.15) is 6.61 Å². The Morgan fingerprint density at radius 1 is 0.892 bits per heavy atom. The number of nitrogens with zero attached hydrogens (tertiary/aromatic N) is 2. The highest BCUT2D eigenvalue weighted by atomic mass is 16.5. The fourth-order valence-electron chi connectivity index (χ4n) is 4.31. The van der Waals surface area contributed by atoms with Crippen LogP contribution in [0.2, 0.25) is 0 Å². The molecule has 1 atom stereocenters. The minimum absolute atomic E-state index is 0.0688. The van der Waals surface area contributed by atoms with Crippen molar-refractivity contribution in [2.45, 2.75) is 52.8 Å². The van der Waals surface area contributed by atoms with Crippen molar-refractivity contribution in [3.63, 3.8) is 0 Å². The van der Waals surface area contributed by atoms with Gasteiger partial charge in [-0.1, -0.05) is 68.4 Å². The Labute approximate surface area is 222 Å². The molecule has 0 aliphatic heterocycles. The molecule has 0 heterocycles. The van der Waals surface area contributed by atoms with Crippen LogP contribution in [0.4, 0.5) is 10.5 Å². The number of hydrogen-bond donors (Lipinski definition) is 1. The number of urea groups is 1. The number of hydrogen-bond acceptors (Lipinski definition) is 4. The van der Waals surface area contributed by atoms with Crippen LogP contribution in [-0.4, -0.2) is 48.6 Å². The number of methoxy groups -OCH3 is 1. The lowest BCUT2D eigenvalue weighted by Crippen LogP contribution is -2.41. The van der Waals surface area contributed by atoms with Gasteiger partial charge in [0.05, 0.1) is 7.11 Å². The van der Waals surface area contributed by atoms with E-state index < -0.39 is 0 Å². The Kier molecular flexibility index (Phi) is 11.3. The number of anilines is 1. The molecule has 0 saturated carbocycles. The summed E-state index contributed by atoms with van der Waals surface area (Å²) < 4.78 is 11.7. The zero-order chi connectivity index (χ0) is 26.5. The van der Waals surface area contributed by atoms with E-state index in [-0.39, 0.29) is 12.1 Å². The molecule has 3 aromatic carbocycles. The SMILES string of the molecule is CCN(CC)CCCC(C)N(Cc1ccc(OCc2ccccc2)c(OC)c1)C(=O)Nc1ccccc1. The average molecular weight is 504 g/mol. The monoisotopic (exact) mass is 503 g/mol. The molecule has 0 radical (unpaired) electrons. The Bertz CT molecular complexity index is 1070. The highest BCUT2D eigenvalue weighted by Crippen LogP contribution is 2.30. The number of para-hydroxylation sites is 1. The second kappa shape index (κ2) is 14.9. The van der Waals surface area contributed by atoms with Crippen molar-refractivity contribution < 1.29 is 14.3 Å². The molecule has 3 rings (SSSR count). The minimum atomic E-state index is -0.107. The van der Waals surface area contributed by atoms with E-state index in [2.05, 4.69) is 31.0 Å². The lowest BCUT2D eigenvalue weighted by molar-refractivity contribution is 0.180. The second-order valence-corrected chi connectivity index (χ2v) is 9.20. The normalized spacial score (nSPS) is 11.7. The van der Waals surface area contributed by atoms with E-state index in [0.29, 0.717) is 24.7 Å². The Morgan fingerprint density at radius 2 is 1.57 bits per heavy atom. The molecule has 1 unspecified atom stereocenters. The number of carbonyl (C=O) groups excluding carboxylic acids is 1. The Balaban J connectivity index is 1.72. The van der Waals surface area contributed by atoms with Crippen molar-refractivity contribution in [1.82, 2.24) is 9.80 Å². The molecule has 0 fully saturated rings. The molecule has 3 aromatic rings. The lowest BCUT2D eigenvalue weighted by Gasteiger charge is -2.30. The van der Waals surface area contributed by atoms with Gasteiger partial charge < -0.3 is 24.6 Å². The largest absolute Gasteiger partial charge is 0.493 e. The molecule has 0 aliphatic rings. The third-order valence-corrected chi connectivity index (χ3v) is 6.63. The van der Waals surface area contributed by atoms with E-state index in [1.165, 1.54) is 0 Å². The molecule has 0 bridgehead atoms. The summed E-state index contributed by atoms with van der Waals surface area (Å²) in [5.41, 5.74) is 2.87. The van der Waals surface area contributed by atoms with Gasteiger partial charge in [0.25, 0.3) is 0 Å². The van der Waals surface area contributed by atoms with Crippen LogP contribution < -0.4 is 14.8 Å². The van der Waals surface area contributed by atoms with Crippen molar-refractivity contribution in [2.75, 3.05) is 32.1 Å². The van der Waals surface area contributed by atoms with Crippen molar-refractivity contribution >= 4 is 11.7 Å². The van der Waals surface area contributed by atoms with Gasteiger partial charge in [-0.25, -0.2) is 4.79 Å². The van der Waals surface area contributed by atoms with E-state index in [4.69, 9.17) is 9.47 Å². The van der Waals surface area contributed by atoms with Gasteiger partial charge in [-0.2, -0.15) is 0 Å². The quantitative estimate of drug-likeness (QED) is 0.262. The number of benzene rings is 3. The molecule has 2 amide bonds. The molecule has 0 saturated heterocycles. The highest BCUT2D eigenvalue weighted by Gasteiger charge is 2.21. The molecule has 37 heavy (non-hydrogen) atoms. The number of nitrogens with one attached hydrogen (secondary N) is 1. The van der Waals surface area contributed by atoms with Crippen LogP contribution in [0, 0.1) is 0 Å². The summed E-state index contributed by atoms with van der Waals surface area (Å²) in [5.74, 6) is 1.34. The Hall–Kier alpha value is -3.51. The molecule has 0 spiro atoms. The van der Waals surface area contributed by atoms with Crippen LogP contribution in [-0.2, 0) is 13.2 Å². The fourth-order valence-corrected chi connectivity index (χ4v) is 4.31. The van der Waals surface area contributed by atoms with Crippen LogP contribution in [0.25, 0.3) is 0 Å². The predicted octanol–water partition coefficient (Wildman–Crippen LogP) is 6.82. The molecular weight excluding hydrogens is 462 g/mol. The minimum Gasteiger partial charge on any atom is -0.493 e. The average Bonchev–Trinajstić information content (AvgIpc) is 2.94. The maximum absolute atomic E-state index is 13.4. The van der Waals surface area contributed by atoms with Crippen molar-refractivity contribution in [3.05, 3.63) is 90.0 Å². The zero-order valence-electron chi connectivity index (χ0n) is 22.7. The van der Waals surface area contributed by atoms with Gasteiger partial charge in [0.15, 0.2) is 11.5 Å². The van der Waals surface area contributed by atoms with E-state index in [1.807, 2.05) is 83.8 Å². The van der Waals surface area contributed by atoms with E-state index in [1.54, 1.807) is 7.11 Å². The van der Waals surface area contributed by atoms with Crippen LogP contribution in [0.1, 0.15) is 44.7 Å². The smallest absolute Gasteiger partial charge is 0.322 e. The van der Waals surface area contributed by atoms with E-state index >= 15 is 0 Å². The number of carbonyl (C=O) groups is 1. The molecule has 6 heteroatoms. The first kappa shape index (κ1) is 28.1. The molecule has 6 nitrogen and oxygen atoms in total. The first-order valence-corrected chi connectivity index (χ1v) is 13.2. The molecule has 198 valence electrons. The van der Waals surface area contributed by atoms with Crippen molar-refractivity contribution in [1.29, 1.82) is 0 Å². The highest BCUT2D eigenvalue weighted by molar-refractivity contribution is 5.89. The van der Waals surface area contributed by atoms with Crippen molar-refractivity contribution in [2.24, 2.45) is 0 Å². The number of ether oxygens (including phenoxy) is 2. The number of rotatable bonds is 14. The topological polar surface area (TPSA) is 54.0 Å². The van der Waals surface area contributed by atoms with Gasteiger partial charge >= 0.3 is 6.03 Å². The van der Waals surface area contributed by atoms with Gasteiger partial charge in [-0.15, -0.1) is 0 Å². The van der Waals surface area contributed by atoms with E-state index in [9.17, 15) is 4.79 Å². The standard InChI is InChI=1S/C31H41N3O3/c1-5-33(6-2)21-13-14-25(3)34(31(35)32-28-17-11-8-12-18-28)23-27-19-20-29(30(22-27)36-4)37-24-26-15-9-7-10-16-26/h7-12,15-20,22,25H,5-6,13-14,21,23-24H2,1-4H3,(H,32,35). The third kappa shape index (κ3) is 8.83. The molecule has 1 N–H and O–H groups in total. The molecule has 0 aromatic heterocycles. The lowest BCUT2D eigenvalue weighted by atomic mass is 10.1. The van der Waals surface area contributed by atoms with Crippen LogP contribution in [0.5, 0.6) is 11.5 Å². The zero-order valence-corrected chi connectivity index (χ0v) is 22.7. The van der Waals surface area contributed by atoms with E-state index in [0.717, 1.165) is 49.3 Å². The summed E-state index contributed by atoms with van der Waals surface area (Å²) in [5, 5.41) is 3.06. The van der Waals surface area contributed by atoms with Gasteiger partial charge in [-0.3, -0.25) is 0 Å². The summed E-state index contributed by atoms with van der Waals surface area (Å²) in [6.45, 7) is 10.6. The molecular formula is C31H41N3O3. The first-order chi connectivity index (χ1) is 18.0. The van der Waals surface area contributed by atoms with Gasteiger partial charge in [0, 0.05) is 18.3 Å². The van der Waals surface area contributed by atoms with Crippen molar-refractivity contribution in [3.8, 4) is 11.5 Å². The summed E-state index contributed by atoms with van der Waals surface area (Å²) in [6.07, 6.45) is 1.96. The maximum atomic E-state index is 13.4. The summed E-state index contributed by atoms with van der Waals surface area (Å²) in [6, 6.07) is 25.5. The van der Waals surface area contributed by atoms with Crippen LogP contribution in [0.3, 0.4) is 0 Å². The molecule has 0 aliphatic carbocycles. The van der Waals surface area contributed by atoms with Gasteiger partial charge in [-0.05, 0) is 74.8 Å². The fraction of sp³-hybridized carbons (Fsp3) is 0.387. The van der Waals surface area contributed by atoms with Crippen LogP contribution in [0.15, 0.2) is 78.9 Å². The number of amides is 2. The summed E-state index contributed by atoms with van der Waals surface area (Å²) in [4.78, 5) is 17.7. The second-order valence-electron chi connectivity index (χ2n) is 9.20. The third-order valence-electron chi connectivity index (χ3n) is 6.63. The summed E-state index contributed by atoms with van der Waals surface area (Å²) in [7, 11) is 1.64. The van der Waals surface area contributed by atoms with Gasteiger partial charge in [0.2, 0.25) is 0 Å².